The van der Waals surface area contributed by atoms with Crippen molar-refractivity contribution in [3.8, 4) is 0 Å². The van der Waals surface area contributed by atoms with Crippen molar-refractivity contribution in [2.24, 2.45) is 0 Å². The second-order valence-electron chi connectivity index (χ2n) is 3.50. The number of nitrogens with zero attached hydrogens (tertiary/aromatic N) is 1. The Hall–Kier alpha value is -1.22. The fourth-order valence-electron chi connectivity index (χ4n) is 1.56. The van der Waals surface area contributed by atoms with E-state index in [1.54, 1.807) is 37.2 Å². The molecular formula is C15H26FNO. The molecule has 1 rings (SSSR count). The second-order valence-corrected chi connectivity index (χ2v) is 3.50. The summed E-state index contributed by atoms with van der Waals surface area (Å²) in [5, 5.41) is 0. The molecule has 3 heteroatoms. The molecule has 0 aliphatic heterocycles. The smallest absolute Gasteiger partial charge is 0.151 e. The van der Waals surface area contributed by atoms with Crippen molar-refractivity contribution in [2.45, 2.75) is 40.7 Å². The molecule has 104 valence electrons. The monoisotopic (exact) mass is 255 g/mol. The molecule has 1 aromatic rings. The SMILES string of the molecule is CC.CC.CC(=O)C(c1ccccc1F)N(C)C. The molecule has 0 aromatic heterocycles. The number of likely N-dealkylation sites (N-methyl/N-ethyl adjacent to an activating group) is 1. The molecule has 2 nitrogen and oxygen atoms in total. The average Bonchev–Trinajstić information content (AvgIpc) is 2.36. The Morgan fingerprint density at radius 1 is 1.11 bits per heavy atom. The first-order valence-corrected chi connectivity index (χ1v) is 6.45. The van der Waals surface area contributed by atoms with Gasteiger partial charge in [0.2, 0.25) is 0 Å². The standard InChI is InChI=1S/C11H14FNO.2C2H6/c1-8(14)11(13(2)3)9-6-4-5-7-10(9)12;2*1-2/h4-7,11H,1-3H3;2*1-2H3. The molecular weight excluding hydrogens is 229 g/mol. The van der Waals surface area contributed by atoms with Gasteiger partial charge in [0.15, 0.2) is 5.78 Å². The predicted octanol–water partition coefficient (Wildman–Crippen LogP) is 4.07. The summed E-state index contributed by atoms with van der Waals surface area (Å²) in [5.41, 5.74) is 0.435. The third-order valence-corrected chi connectivity index (χ3v) is 2.10. The first-order valence-electron chi connectivity index (χ1n) is 6.45. The molecule has 0 amide bonds. The molecule has 0 fully saturated rings. The van der Waals surface area contributed by atoms with Crippen LogP contribution in [0.25, 0.3) is 0 Å². The lowest BCUT2D eigenvalue weighted by Gasteiger charge is -2.22. The van der Waals surface area contributed by atoms with Crippen molar-refractivity contribution < 1.29 is 9.18 Å². The highest BCUT2D eigenvalue weighted by Gasteiger charge is 2.21. The third kappa shape index (κ3) is 5.92. The van der Waals surface area contributed by atoms with Crippen LogP contribution < -0.4 is 0 Å². The molecule has 0 bridgehead atoms. The molecule has 18 heavy (non-hydrogen) atoms. The number of ketones is 1. The Labute approximate surface area is 111 Å². The first-order chi connectivity index (χ1) is 8.54. The maximum Gasteiger partial charge on any atom is 0.151 e. The third-order valence-electron chi connectivity index (χ3n) is 2.10. The van der Waals surface area contributed by atoms with E-state index in [0.29, 0.717) is 5.56 Å². The number of benzene rings is 1. The van der Waals surface area contributed by atoms with Gasteiger partial charge in [-0.15, -0.1) is 0 Å². The quantitative estimate of drug-likeness (QED) is 0.811. The Balaban J connectivity index is 0. The van der Waals surface area contributed by atoms with Crippen molar-refractivity contribution in [1.82, 2.24) is 4.90 Å². The highest BCUT2D eigenvalue weighted by Crippen LogP contribution is 2.21. The summed E-state index contributed by atoms with van der Waals surface area (Å²) < 4.78 is 13.4. The Kier molecular flexibility index (Phi) is 11.6. The summed E-state index contributed by atoms with van der Waals surface area (Å²) in [4.78, 5) is 13.0. The maximum atomic E-state index is 13.4. The topological polar surface area (TPSA) is 20.3 Å². The number of halogens is 1. The van der Waals surface area contributed by atoms with E-state index >= 15 is 0 Å². The number of rotatable bonds is 3. The van der Waals surface area contributed by atoms with Crippen LogP contribution >= 0.6 is 0 Å². The molecule has 0 saturated heterocycles. The minimum absolute atomic E-state index is 0.0555. The van der Waals surface area contributed by atoms with Gasteiger partial charge in [-0.2, -0.15) is 0 Å². The minimum Gasteiger partial charge on any atom is -0.298 e. The summed E-state index contributed by atoms with van der Waals surface area (Å²) in [7, 11) is 3.52. The fourth-order valence-corrected chi connectivity index (χ4v) is 1.56. The van der Waals surface area contributed by atoms with Gasteiger partial charge in [-0.25, -0.2) is 4.39 Å². The van der Waals surface area contributed by atoms with Crippen LogP contribution in [0.3, 0.4) is 0 Å². The maximum absolute atomic E-state index is 13.4. The summed E-state index contributed by atoms with van der Waals surface area (Å²) in [6.45, 7) is 9.47. The van der Waals surface area contributed by atoms with Crippen LogP contribution in [0.15, 0.2) is 24.3 Å². The van der Waals surface area contributed by atoms with Crippen LogP contribution in [0.4, 0.5) is 4.39 Å². The molecule has 0 heterocycles. The Morgan fingerprint density at radius 2 is 1.56 bits per heavy atom. The highest BCUT2D eigenvalue weighted by atomic mass is 19.1. The van der Waals surface area contributed by atoms with Crippen LogP contribution in [0, 0.1) is 5.82 Å². The van der Waals surface area contributed by atoms with Gasteiger partial charge in [-0.1, -0.05) is 45.9 Å². The van der Waals surface area contributed by atoms with Crippen LogP contribution in [0.5, 0.6) is 0 Å². The minimum atomic E-state index is -0.490. The van der Waals surface area contributed by atoms with Crippen LogP contribution in [-0.2, 0) is 4.79 Å². The molecule has 0 aliphatic rings. The fraction of sp³-hybridized carbons (Fsp3) is 0.533. The zero-order valence-electron chi connectivity index (χ0n) is 12.6. The van der Waals surface area contributed by atoms with Crippen molar-refractivity contribution in [1.29, 1.82) is 0 Å². The van der Waals surface area contributed by atoms with E-state index in [2.05, 4.69) is 0 Å². The number of Topliss-reactive ketones (excluding diaryl/α,β-unsaturated/α-hetero) is 1. The normalized spacial score (nSPS) is 10.7. The molecule has 0 radical (unpaired) electrons. The van der Waals surface area contributed by atoms with Gasteiger partial charge in [-0.3, -0.25) is 9.69 Å². The number of carbonyl (C=O) groups is 1. The van der Waals surface area contributed by atoms with Crippen molar-refractivity contribution in [3.05, 3.63) is 35.6 Å². The molecule has 1 atom stereocenters. The van der Waals surface area contributed by atoms with Crippen molar-refractivity contribution >= 4 is 5.78 Å². The molecule has 1 unspecified atom stereocenters. The van der Waals surface area contributed by atoms with Gasteiger partial charge >= 0.3 is 0 Å². The highest BCUT2D eigenvalue weighted by molar-refractivity contribution is 5.82. The van der Waals surface area contributed by atoms with Gasteiger partial charge in [0.25, 0.3) is 0 Å². The molecule has 1 aromatic carbocycles. The zero-order valence-corrected chi connectivity index (χ0v) is 12.6. The summed E-state index contributed by atoms with van der Waals surface area (Å²) in [5.74, 6) is -0.387. The van der Waals surface area contributed by atoms with Gasteiger partial charge < -0.3 is 0 Å². The number of hydrogen-bond acceptors (Lipinski definition) is 2. The van der Waals surface area contributed by atoms with E-state index in [1.165, 1.54) is 13.0 Å². The van der Waals surface area contributed by atoms with E-state index in [-0.39, 0.29) is 11.6 Å². The van der Waals surface area contributed by atoms with Gasteiger partial charge in [0.05, 0.1) is 6.04 Å². The summed E-state index contributed by atoms with van der Waals surface area (Å²) in [6.07, 6.45) is 0. The van der Waals surface area contributed by atoms with E-state index < -0.39 is 6.04 Å². The van der Waals surface area contributed by atoms with Gasteiger partial charge in [0, 0.05) is 5.56 Å². The number of hydrogen-bond donors (Lipinski definition) is 0. The lowest BCUT2D eigenvalue weighted by molar-refractivity contribution is -0.121. The summed E-state index contributed by atoms with van der Waals surface area (Å²) >= 11 is 0. The number of carbonyl (C=O) groups excluding carboxylic acids is 1. The average molecular weight is 255 g/mol. The van der Waals surface area contributed by atoms with E-state index in [4.69, 9.17) is 0 Å². The van der Waals surface area contributed by atoms with E-state index in [0.717, 1.165) is 0 Å². The van der Waals surface area contributed by atoms with Gasteiger partial charge in [-0.05, 0) is 27.1 Å². The van der Waals surface area contributed by atoms with Crippen molar-refractivity contribution in [3.63, 3.8) is 0 Å². The zero-order chi connectivity index (χ0) is 14.7. The van der Waals surface area contributed by atoms with Crippen LogP contribution in [-0.4, -0.2) is 24.8 Å². The van der Waals surface area contributed by atoms with Gasteiger partial charge in [0.1, 0.15) is 5.82 Å². The Bertz CT molecular complexity index is 337. The molecule has 0 aliphatic carbocycles. The lowest BCUT2D eigenvalue weighted by Crippen LogP contribution is -2.26. The predicted molar refractivity (Wildman–Crippen MR) is 76.2 cm³/mol. The van der Waals surface area contributed by atoms with E-state index in [1.807, 2.05) is 27.7 Å². The van der Waals surface area contributed by atoms with Crippen molar-refractivity contribution in [2.75, 3.05) is 14.1 Å². The second kappa shape index (κ2) is 10.9. The largest absolute Gasteiger partial charge is 0.298 e. The van der Waals surface area contributed by atoms with Crippen LogP contribution in [0.1, 0.15) is 46.2 Å². The summed E-state index contributed by atoms with van der Waals surface area (Å²) in [6, 6.07) is 5.87. The molecule has 0 saturated carbocycles. The lowest BCUT2D eigenvalue weighted by atomic mass is 10.0. The molecule has 0 N–H and O–H groups in total. The Morgan fingerprint density at radius 3 is 1.89 bits per heavy atom. The molecule has 0 spiro atoms. The first kappa shape index (κ1) is 19.1. The van der Waals surface area contributed by atoms with E-state index in [9.17, 15) is 9.18 Å². The van der Waals surface area contributed by atoms with Crippen LogP contribution in [0.2, 0.25) is 0 Å².